The number of ether oxygens (including phenoxy) is 2. The summed E-state index contributed by atoms with van der Waals surface area (Å²) in [5.41, 5.74) is 2.83. The van der Waals surface area contributed by atoms with Crippen LogP contribution in [0.15, 0.2) is 71.8 Å². The summed E-state index contributed by atoms with van der Waals surface area (Å²) in [6.07, 6.45) is 9.30. The van der Waals surface area contributed by atoms with Gasteiger partial charge in [-0.25, -0.2) is 45.3 Å². The van der Waals surface area contributed by atoms with Crippen LogP contribution < -0.4 is 31.4 Å². The number of carbonyl (C=O) groups excluding carboxylic acids is 3. The van der Waals surface area contributed by atoms with E-state index in [1.807, 2.05) is 5.38 Å². The highest BCUT2D eigenvalue weighted by molar-refractivity contribution is 7.84. The van der Waals surface area contributed by atoms with E-state index in [1.165, 1.54) is 61.2 Å². The fourth-order valence-corrected chi connectivity index (χ4v) is 12.8. The Morgan fingerprint density at radius 1 is 0.609 bits per heavy atom. The van der Waals surface area contributed by atoms with E-state index in [0.29, 0.717) is 88.6 Å². The van der Waals surface area contributed by atoms with Crippen LogP contribution in [0.2, 0.25) is 4.34 Å². The van der Waals surface area contributed by atoms with Crippen LogP contribution in [-0.4, -0.2) is 163 Å². The molecular weight excluding hydrogens is 1270 g/mol. The Bertz CT molecular complexity index is 3670. The highest BCUT2D eigenvalue weighted by Crippen LogP contribution is 2.35. The zero-order chi connectivity index (χ0) is 63.2. The van der Waals surface area contributed by atoms with Gasteiger partial charge in [0.05, 0.1) is 95.0 Å². The number of nitrogens with zero attached hydrogens (tertiary/aromatic N) is 6. The molecule has 6 heterocycles. The van der Waals surface area contributed by atoms with Crippen LogP contribution in [0.5, 0.6) is 0 Å². The number of hydrogen-bond donors (Lipinski definition) is 10. The van der Waals surface area contributed by atoms with Gasteiger partial charge >= 0.3 is 30.9 Å². The number of halogens is 1. The molecule has 0 unspecified atom stereocenters. The number of nitrogens with one attached hydrogen (secondary N) is 3. The number of carbonyl (C=O) groups is 3. The lowest BCUT2D eigenvalue weighted by Crippen LogP contribution is -2.24. The predicted octanol–water partition coefficient (Wildman–Crippen LogP) is 1.59. The molecule has 9 atom stereocenters. The minimum atomic E-state index is -4.09. The molecule has 13 N–H and O–H groups in total. The fourth-order valence-electron chi connectivity index (χ4n) is 9.64. The van der Waals surface area contributed by atoms with Crippen molar-refractivity contribution in [2.75, 3.05) is 50.0 Å². The third kappa shape index (κ3) is 20.3. The zero-order valence-corrected chi connectivity index (χ0v) is 51.1. The van der Waals surface area contributed by atoms with E-state index in [9.17, 15) is 55.0 Å². The van der Waals surface area contributed by atoms with Crippen LogP contribution in [-0.2, 0) is 72.8 Å². The van der Waals surface area contributed by atoms with Crippen LogP contribution in [0, 0.1) is 17.8 Å². The van der Waals surface area contributed by atoms with Gasteiger partial charge in [0.2, 0.25) is 17.3 Å². The maximum atomic E-state index is 13.0. The first-order chi connectivity index (χ1) is 41.2. The zero-order valence-electron chi connectivity index (χ0n) is 46.3. The Morgan fingerprint density at radius 3 is 1.41 bits per heavy atom. The highest BCUT2D eigenvalue weighted by Gasteiger charge is 2.38. The van der Waals surface area contributed by atoms with Crippen molar-refractivity contribution in [2.45, 2.75) is 94.8 Å². The third-order valence-corrected chi connectivity index (χ3v) is 17.5. The van der Waals surface area contributed by atoms with Crippen molar-refractivity contribution in [1.29, 1.82) is 0 Å². The first kappa shape index (κ1) is 68.5. The summed E-state index contributed by atoms with van der Waals surface area (Å²) < 4.78 is 95.3. The maximum absolute atomic E-state index is 13.0. The number of hydrogen-bond acceptors (Lipinski definition) is 30. The van der Waals surface area contributed by atoms with E-state index in [4.69, 9.17) is 46.0 Å². The lowest BCUT2D eigenvalue weighted by Gasteiger charge is -2.15. The normalized spacial score (nSPS) is 22.0. The molecule has 0 aromatic carbocycles. The Kier molecular flexibility index (Phi) is 24.4. The minimum absolute atomic E-state index is 0.0350. The number of thiophene rings is 2. The molecule has 0 saturated heterocycles. The van der Waals surface area contributed by atoms with Gasteiger partial charge in [-0.05, 0) is 67.7 Å². The van der Waals surface area contributed by atoms with E-state index >= 15 is 0 Å². The summed E-state index contributed by atoms with van der Waals surface area (Å²) in [6.45, 7) is -0.197. The van der Waals surface area contributed by atoms with E-state index < -0.39 is 72.8 Å². The molecule has 87 heavy (non-hydrogen) atoms. The molecule has 3 aliphatic rings. The van der Waals surface area contributed by atoms with Crippen molar-refractivity contribution in [3.05, 3.63) is 121 Å². The second kappa shape index (κ2) is 30.9. The molecule has 0 radical (unpaired) electrons. The van der Waals surface area contributed by atoms with Gasteiger partial charge in [0.15, 0.2) is 5.76 Å². The Labute approximate surface area is 512 Å². The van der Waals surface area contributed by atoms with Gasteiger partial charge in [0, 0.05) is 79.8 Å². The molecule has 31 nitrogen and oxygen atoms in total. The first-order valence-electron chi connectivity index (χ1n) is 26.1. The number of methoxy groups -OCH3 is 2. The third-order valence-electron chi connectivity index (χ3n) is 13.7. The summed E-state index contributed by atoms with van der Waals surface area (Å²) in [5.74, 6) is -1.26. The van der Waals surface area contributed by atoms with Gasteiger partial charge in [0.1, 0.15) is 36.4 Å². The van der Waals surface area contributed by atoms with Crippen LogP contribution >= 0.6 is 34.3 Å². The number of aliphatic hydroxyl groups is 4. The molecule has 9 rings (SSSR count). The average molecular weight is 1330 g/mol. The fraction of sp³-hybridized carbons (Fsp3) is 0.460. The standard InChI is InChI=1S/C17H21ClN4O6S2.C17H22N4O6S2.C16H20N4O7S/c1-27-6-10-3-14(29-16(10)18)15(24)12-5-20-8-21-17(12)22-11-2-9(13(23)4-11)7-28-30(19,25)26;1-26-6-10-2-15(28-8-10)16(23)13-5-19-9-20-17(13)21-12-3-11(14(22)4-12)7-27-29(18,24)25;17-28(24,25)27-7-10-2-11(3-13(10)22)20-16-12(4-18-8-19-16)15(23)14-1-9(5-21)6-26-14/h3,5,8-9,11,13,23H,2,4,6-7H2,1H3,(H2,19,25,26)(H,20,21,22);2,5,8-9,11-12,14,22H,3-4,6-7H2,1H3,(H2,18,24,25)(H,19,20,21);1,4,6,8,10-11,13,21-22H,2-3,5,7H2,(H2,17,24,25)(H,18,19,20)/t9-,11-,13+;11-,12-,14+;10-,11-,13+/m111/s1. The lowest BCUT2D eigenvalue weighted by atomic mass is 10.1. The van der Waals surface area contributed by atoms with Crippen molar-refractivity contribution in [3.8, 4) is 0 Å². The highest BCUT2D eigenvalue weighted by atomic mass is 35.5. The van der Waals surface area contributed by atoms with Gasteiger partial charge in [0.25, 0.3) is 0 Å². The number of furan rings is 1. The van der Waals surface area contributed by atoms with Crippen molar-refractivity contribution in [3.63, 3.8) is 0 Å². The lowest BCUT2D eigenvalue weighted by molar-refractivity contribution is 0.100. The second-order valence-corrected chi connectivity index (χ2v) is 26.4. The number of anilines is 3. The Hall–Kier alpha value is -6.01. The van der Waals surface area contributed by atoms with Gasteiger partial charge in [-0.1, -0.05) is 11.6 Å². The van der Waals surface area contributed by atoms with E-state index in [0.717, 1.165) is 22.5 Å². The molecule has 3 aliphatic carbocycles. The van der Waals surface area contributed by atoms with Crippen molar-refractivity contribution in [1.82, 2.24) is 29.9 Å². The van der Waals surface area contributed by atoms with Crippen molar-refractivity contribution in [2.24, 2.45) is 33.2 Å². The maximum Gasteiger partial charge on any atom is 0.333 e. The molecule has 3 fully saturated rings. The average Bonchev–Trinajstić information content (AvgIpc) is 2.60. The van der Waals surface area contributed by atoms with Gasteiger partial charge in [-0.3, -0.25) is 26.9 Å². The molecule has 37 heteroatoms. The SMILES string of the molecule is COCc1cc(C(=O)c2cncnc2N[C@@H]2C[C@H](COS(N)(=O)=O)[C@@H](O)C2)sc1Cl.COCc1csc(C(=O)c2cncnc2N[C@@H]2C[C@H](COS(N)(=O)=O)[C@@H](O)C2)c1.NS(=O)(=O)OC[C@H]1C[C@@H](Nc2ncncc2C(=O)c2cc(CO)co2)C[C@@H]1O. The van der Waals surface area contributed by atoms with Gasteiger partial charge in [-0.15, -0.1) is 22.7 Å². The predicted molar refractivity (Wildman–Crippen MR) is 312 cm³/mol. The van der Waals surface area contributed by atoms with Crippen LogP contribution in [0.1, 0.15) is 102 Å². The molecule has 0 aliphatic heterocycles. The number of nitrogens with two attached hydrogens (primary N) is 3. The summed E-state index contributed by atoms with van der Waals surface area (Å²) in [6, 6.07) is 4.15. The second-order valence-electron chi connectivity index (χ2n) is 20.2. The summed E-state index contributed by atoms with van der Waals surface area (Å²) in [7, 11) is -9.10. The number of aromatic nitrogens is 6. The largest absolute Gasteiger partial charge is 0.460 e. The molecule has 474 valence electrons. The first-order valence-corrected chi connectivity index (χ1v) is 32.6. The van der Waals surface area contributed by atoms with Crippen molar-refractivity contribution >= 4 is 100.0 Å². The van der Waals surface area contributed by atoms with E-state index in [1.54, 1.807) is 26.4 Å². The molecule has 0 bridgehead atoms. The number of aliphatic hydroxyl groups excluding tert-OH is 4. The van der Waals surface area contributed by atoms with Crippen LogP contribution in [0.4, 0.5) is 17.5 Å². The van der Waals surface area contributed by atoms with Gasteiger partial charge in [-0.2, -0.15) is 25.3 Å². The molecule has 3 saturated carbocycles. The molecule has 0 spiro atoms. The molecular formula is C50H63ClN12O19S5. The van der Waals surface area contributed by atoms with Crippen LogP contribution in [0.25, 0.3) is 0 Å². The summed E-state index contributed by atoms with van der Waals surface area (Å²) >= 11 is 8.64. The Balaban J connectivity index is 0.000000187. The smallest absolute Gasteiger partial charge is 0.333 e. The molecule has 6 aromatic rings. The Morgan fingerprint density at radius 2 is 1.02 bits per heavy atom. The van der Waals surface area contributed by atoms with E-state index in [-0.39, 0.29) is 78.8 Å². The number of rotatable bonds is 26. The van der Waals surface area contributed by atoms with Crippen LogP contribution in [0.3, 0.4) is 0 Å². The molecule has 6 aromatic heterocycles. The topological polar surface area (TPSA) is 485 Å². The molecule has 0 amide bonds. The van der Waals surface area contributed by atoms with Gasteiger partial charge < -0.3 is 50.3 Å². The van der Waals surface area contributed by atoms with E-state index in [2.05, 4.69) is 58.4 Å². The minimum Gasteiger partial charge on any atom is -0.460 e. The summed E-state index contributed by atoms with van der Waals surface area (Å²) in [5, 5.41) is 65.3. The quantitative estimate of drug-likeness (QED) is 0.0345. The monoisotopic (exact) mass is 1330 g/mol. The summed E-state index contributed by atoms with van der Waals surface area (Å²) in [4.78, 5) is 63.7. The van der Waals surface area contributed by atoms with Crippen molar-refractivity contribution < 1.29 is 86.5 Å². The number of ketones is 3.